The molecule has 0 atom stereocenters. The average molecular weight is 359 g/mol. The zero-order valence-electron chi connectivity index (χ0n) is 16.0. The summed E-state index contributed by atoms with van der Waals surface area (Å²) in [5.41, 5.74) is 2.62. The molecule has 0 bridgehead atoms. The maximum absolute atomic E-state index is 13.0. The lowest BCUT2D eigenvalue weighted by molar-refractivity contribution is 0.0659. The standard InChI is InChI=1S/C20H29N3O3/c1-14-12-15(2)18(17(13-14)26-3)19(24)22-8-10-23(11-9-22)20(25)21-16-6-4-5-7-16/h12-13,16H,4-11H2,1-3H3,(H,21,25). The van der Waals surface area contributed by atoms with Gasteiger partial charge in [0.25, 0.3) is 5.91 Å². The molecule has 1 aliphatic heterocycles. The summed E-state index contributed by atoms with van der Waals surface area (Å²) in [5, 5.41) is 3.12. The fourth-order valence-electron chi connectivity index (χ4n) is 3.97. The van der Waals surface area contributed by atoms with Gasteiger partial charge >= 0.3 is 6.03 Å². The Kier molecular flexibility index (Phi) is 5.69. The number of urea groups is 1. The molecular formula is C20H29N3O3. The van der Waals surface area contributed by atoms with Gasteiger partial charge in [0.1, 0.15) is 5.75 Å². The summed E-state index contributed by atoms with van der Waals surface area (Å²) in [6.07, 6.45) is 4.56. The number of benzene rings is 1. The quantitative estimate of drug-likeness (QED) is 0.903. The molecule has 0 spiro atoms. The van der Waals surface area contributed by atoms with Crippen LogP contribution in [0, 0.1) is 13.8 Å². The van der Waals surface area contributed by atoms with Crippen molar-refractivity contribution in [3.05, 3.63) is 28.8 Å². The number of hydrogen-bond donors (Lipinski definition) is 1. The normalized spacial score (nSPS) is 18.1. The Hall–Kier alpha value is -2.24. The summed E-state index contributed by atoms with van der Waals surface area (Å²) in [4.78, 5) is 29.0. The number of rotatable bonds is 3. The monoisotopic (exact) mass is 359 g/mol. The summed E-state index contributed by atoms with van der Waals surface area (Å²) in [6.45, 7) is 6.16. The minimum Gasteiger partial charge on any atom is -0.496 e. The number of nitrogens with zero attached hydrogens (tertiary/aromatic N) is 2. The van der Waals surface area contributed by atoms with Crippen molar-refractivity contribution in [3.63, 3.8) is 0 Å². The minimum atomic E-state index is -0.0183. The van der Waals surface area contributed by atoms with E-state index in [9.17, 15) is 9.59 Å². The number of carbonyl (C=O) groups is 2. The van der Waals surface area contributed by atoms with Gasteiger partial charge < -0.3 is 19.9 Å². The molecule has 2 aliphatic rings. The van der Waals surface area contributed by atoms with Crippen LogP contribution in [0.2, 0.25) is 0 Å². The molecule has 1 aliphatic carbocycles. The Morgan fingerprint density at radius 2 is 1.65 bits per heavy atom. The number of aryl methyl sites for hydroxylation is 2. The molecule has 2 fully saturated rings. The molecule has 3 amide bonds. The van der Waals surface area contributed by atoms with E-state index < -0.39 is 0 Å². The lowest BCUT2D eigenvalue weighted by atomic mass is 10.0. The highest BCUT2D eigenvalue weighted by Gasteiger charge is 2.28. The van der Waals surface area contributed by atoms with E-state index in [4.69, 9.17) is 4.74 Å². The third-order valence-corrected chi connectivity index (χ3v) is 5.41. The molecule has 0 unspecified atom stereocenters. The molecule has 1 saturated carbocycles. The van der Waals surface area contributed by atoms with Gasteiger partial charge in [-0.3, -0.25) is 4.79 Å². The maximum atomic E-state index is 13.0. The van der Waals surface area contributed by atoms with Crippen LogP contribution in [0.25, 0.3) is 0 Å². The van der Waals surface area contributed by atoms with Gasteiger partial charge in [0, 0.05) is 32.2 Å². The SMILES string of the molecule is COc1cc(C)cc(C)c1C(=O)N1CCN(C(=O)NC2CCCC2)CC1. The number of amides is 3. The molecular weight excluding hydrogens is 330 g/mol. The molecule has 6 nitrogen and oxygen atoms in total. The van der Waals surface area contributed by atoms with Gasteiger partial charge in [-0.1, -0.05) is 18.9 Å². The van der Waals surface area contributed by atoms with Crippen LogP contribution < -0.4 is 10.1 Å². The second-order valence-corrected chi connectivity index (χ2v) is 7.37. The molecule has 0 radical (unpaired) electrons. The molecule has 1 aromatic rings. The van der Waals surface area contributed by atoms with E-state index in [0.29, 0.717) is 43.5 Å². The topological polar surface area (TPSA) is 61.9 Å². The molecule has 26 heavy (non-hydrogen) atoms. The van der Waals surface area contributed by atoms with E-state index in [2.05, 4.69) is 5.32 Å². The first-order chi connectivity index (χ1) is 12.5. The number of piperazine rings is 1. The second kappa shape index (κ2) is 7.98. The predicted octanol–water partition coefficient (Wildman–Crippen LogP) is 2.72. The van der Waals surface area contributed by atoms with Crippen molar-refractivity contribution >= 4 is 11.9 Å². The molecule has 1 saturated heterocycles. The van der Waals surface area contributed by atoms with E-state index in [1.807, 2.05) is 35.8 Å². The van der Waals surface area contributed by atoms with Gasteiger partial charge in [-0.05, 0) is 43.9 Å². The molecule has 1 N–H and O–H groups in total. The lowest BCUT2D eigenvalue weighted by Gasteiger charge is -2.35. The fourth-order valence-corrected chi connectivity index (χ4v) is 3.97. The van der Waals surface area contributed by atoms with E-state index in [-0.39, 0.29) is 11.9 Å². The number of ether oxygens (including phenoxy) is 1. The number of methoxy groups -OCH3 is 1. The van der Waals surface area contributed by atoms with Gasteiger partial charge in [0.2, 0.25) is 0 Å². The second-order valence-electron chi connectivity index (χ2n) is 7.37. The Balaban J connectivity index is 1.61. The van der Waals surface area contributed by atoms with Crippen molar-refractivity contribution in [1.82, 2.24) is 15.1 Å². The first-order valence-electron chi connectivity index (χ1n) is 9.49. The molecule has 6 heteroatoms. The molecule has 3 rings (SSSR count). The van der Waals surface area contributed by atoms with Gasteiger partial charge in [0.05, 0.1) is 12.7 Å². The zero-order chi connectivity index (χ0) is 18.7. The third kappa shape index (κ3) is 3.94. The summed E-state index contributed by atoms with van der Waals surface area (Å²) in [7, 11) is 1.59. The van der Waals surface area contributed by atoms with Crippen molar-refractivity contribution < 1.29 is 14.3 Å². The fraction of sp³-hybridized carbons (Fsp3) is 0.600. The number of carbonyl (C=O) groups excluding carboxylic acids is 2. The van der Waals surface area contributed by atoms with Crippen molar-refractivity contribution in [2.45, 2.75) is 45.6 Å². The lowest BCUT2D eigenvalue weighted by Crippen LogP contribution is -2.54. The highest BCUT2D eigenvalue weighted by molar-refractivity contribution is 5.98. The van der Waals surface area contributed by atoms with Gasteiger partial charge in [-0.15, -0.1) is 0 Å². The van der Waals surface area contributed by atoms with Crippen LogP contribution in [0.15, 0.2) is 12.1 Å². The zero-order valence-corrected chi connectivity index (χ0v) is 16.0. The van der Waals surface area contributed by atoms with Crippen LogP contribution in [0.5, 0.6) is 5.75 Å². The van der Waals surface area contributed by atoms with E-state index >= 15 is 0 Å². The molecule has 0 aromatic heterocycles. The number of nitrogens with one attached hydrogen (secondary N) is 1. The Morgan fingerprint density at radius 1 is 1.04 bits per heavy atom. The largest absolute Gasteiger partial charge is 0.496 e. The molecule has 1 heterocycles. The van der Waals surface area contributed by atoms with Crippen LogP contribution in [0.1, 0.15) is 47.2 Å². The summed E-state index contributed by atoms with van der Waals surface area (Å²) in [5.74, 6) is 0.601. The van der Waals surface area contributed by atoms with Crippen molar-refractivity contribution in [2.24, 2.45) is 0 Å². The van der Waals surface area contributed by atoms with Crippen LogP contribution in [-0.4, -0.2) is 61.1 Å². The Bertz CT molecular complexity index is 675. The van der Waals surface area contributed by atoms with E-state index in [1.165, 1.54) is 12.8 Å². The minimum absolute atomic E-state index is 0.00750. The average Bonchev–Trinajstić information content (AvgIpc) is 3.13. The highest BCUT2D eigenvalue weighted by atomic mass is 16.5. The molecule has 142 valence electrons. The third-order valence-electron chi connectivity index (χ3n) is 5.41. The van der Waals surface area contributed by atoms with Crippen molar-refractivity contribution in [3.8, 4) is 5.75 Å². The van der Waals surface area contributed by atoms with Gasteiger partial charge in [0.15, 0.2) is 0 Å². The van der Waals surface area contributed by atoms with E-state index in [1.54, 1.807) is 7.11 Å². The summed E-state index contributed by atoms with van der Waals surface area (Å²) in [6, 6.07) is 4.22. The van der Waals surface area contributed by atoms with Crippen LogP contribution in [-0.2, 0) is 0 Å². The summed E-state index contributed by atoms with van der Waals surface area (Å²) < 4.78 is 5.43. The van der Waals surface area contributed by atoms with Gasteiger partial charge in [-0.2, -0.15) is 0 Å². The van der Waals surface area contributed by atoms with Crippen LogP contribution in [0.4, 0.5) is 4.79 Å². The smallest absolute Gasteiger partial charge is 0.317 e. The first kappa shape index (κ1) is 18.5. The van der Waals surface area contributed by atoms with Crippen LogP contribution >= 0.6 is 0 Å². The van der Waals surface area contributed by atoms with E-state index in [0.717, 1.165) is 24.0 Å². The molecule has 1 aromatic carbocycles. The maximum Gasteiger partial charge on any atom is 0.317 e. The number of hydrogen-bond acceptors (Lipinski definition) is 3. The first-order valence-corrected chi connectivity index (χ1v) is 9.49. The van der Waals surface area contributed by atoms with Gasteiger partial charge in [-0.25, -0.2) is 4.79 Å². The Labute approximate surface area is 155 Å². The van der Waals surface area contributed by atoms with Crippen LogP contribution in [0.3, 0.4) is 0 Å². The predicted molar refractivity (Wildman–Crippen MR) is 101 cm³/mol. The highest BCUT2D eigenvalue weighted by Crippen LogP contribution is 2.26. The Morgan fingerprint density at radius 3 is 2.27 bits per heavy atom. The van der Waals surface area contributed by atoms with Crippen molar-refractivity contribution in [1.29, 1.82) is 0 Å². The van der Waals surface area contributed by atoms with Crippen molar-refractivity contribution in [2.75, 3.05) is 33.3 Å². The summed E-state index contributed by atoms with van der Waals surface area (Å²) >= 11 is 0.